The molecule has 0 amide bonds. The maximum absolute atomic E-state index is 14.1. The predicted molar refractivity (Wildman–Crippen MR) is 60.3 cm³/mol. The van der Waals surface area contributed by atoms with Gasteiger partial charge in [0, 0.05) is 11.4 Å². The molecule has 1 saturated carbocycles. The Bertz CT molecular complexity index is 581. The van der Waals surface area contributed by atoms with Crippen LogP contribution in [0.1, 0.15) is 34.8 Å². The van der Waals surface area contributed by atoms with Crippen molar-refractivity contribution in [3.05, 3.63) is 35.3 Å². The average Bonchev–Trinajstić information content (AvgIpc) is 3.04. The van der Waals surface area contributed by atoms with Crippen molar-refractivity contribution in [2.75, 3.05) is 0 Å². The second kappa shape index (κ2) is 3.17. The summed E-state index contributed by atoms with van der Waals surface area (Å²) in [4.78, 5) is 11.0. The van der Waals surface area contributed by atoms with E-state index in [0.717, 1.165) is 29.3 Å². The van der Waals surface area contributed by atoms with Crippen molar-refractivity contribution in [2.45, 2.75) is 25.8 Å². The van der Waals surface area contributed by atoms with Gasteiger partial charge in [0.2, 0.25) is 5.95 Å². The molecule has 82 valence electrons. The van der Waals surface area contributed by atoms with E-state index in [4.69, 9.17) is 0 Å². The van der Waals surface area contributed by atoms with Crippen LogP contribution in [0.2, 0.25) is 0 Å². The van der Waals surface area contributed by atoms with E-state index in [-0.39, 0.29) is 17.6 Å². The molecule has 0 atom stereocenters. The van der Waals surface area contributed by atoms with Crippen LogP contribution in [0.3, 0.4) is 0 Å². The van der Waals surface area contributed by atoms with E-state index in [1.165, 1.54) is 0 Å². The van der Waals surface area contributed by atoms with Crippen LogP contribution in [0.15, 0.2) is 18.2 Å². The summed E-state index contributed by atoms with van der Waals surface area (Å²) in [6.45, 7) is 1.95. The molecule has 0 spiro atoms. The number of hydrogen-bond acceptors (Lipinski definition) is 1. The molecular formula is C13H12FNO. The van der Waals surface area contributed by atoms with Crippen molar-refractivity contribution in [1.29, 1.82) is 0 Å². The highest BCUT2D eigenvalue weighted by atomic mass is 19.1. The third-order valence-corrected chi connectivity index (χ3v) is 3.23. The van der Waals surface area contributed by atoms with E-state index in [1.807, 2.05) is 25.1 Å². The van der Waals surface area contributed by atoms with Gasteiger partial charge in [-0.3, -0.25) is 4.79 Å². The molecule has 0 unspecified atom stereocenters. The van der Waals surface area contributed by atoms with Crippen LogP contribution in [0.25, 0.3) is 10.9 Å². The molecule has 1 heterocycles. The molecule has 16 heavy (non-hydrogen) atoms. The van der Waals surface area contributed by atoms with Gasteiger partial charge in [-0.05, 0) is 25.3 Å². The lowest BCUT2D eigenvalue weighted by Gasteiger charge is -2.05. The Kier molecular flexibility index (Phi) is 1.90. The van der Waals surface area contributed by atoms with E-state index in [0.29, 0.717) is 6.29 Å². The largest absolute Gasteiger partial charge is 0.314 e. The van der Waals surface area contributed by atoms with Gasteiger partial charge in [0.25, 0.3) is 0 Å². The Balaban J connectivity index is 2.46. The zero-order valence-electron chi connectivity index (χ0n) is 9.03. The number of benzene rings is 1. The van der Waals surface area contributed by atoms with Crippen molar-refractivity contribution < 1.29 is 9.18 Å². The number of fused-ring (bicyclic) bond motifs is 1. The Hall–Kier alpha value is -1.64. The van der Waals surface area contributed by atoms with E-state index >= 15 is 0 Å². The molecule has 2 aromatic rings. The third kappa shape index (κ3) is 1.14. The summed E-state index contributed by atoms with van der Waals surface area (Å²) in [6, 6.07) is 5.88. The second-order valence-electron chi connectivity index (χ2n) is 4.39. The molecule has 1 aromatic carbocycles. The lowest BCUT2D eigenvalue weighted by Crippen LogP contribution is -1.99. The Labute approximate surface area is 92.7 Å². The van der Waals surface area contributed by atoms with Gasteiger partial charge in [-0.25, -0.2) is 0 Å². The van der Waals surface area contributed by atoms with Gasteiger partial charge in [-0.15, -0.1) is 0 Å². The van der Waals surface area contributed by atoms with Crippen molar-refractivity contribution in [2.24, 2.45) is 0 Å². The lowest BCUT2D eigenvalue weighted by atomic mass is 10.1. The Morgan fingerprint density at radius 2 is 2.19 bits per heavy atom. The molecule has 2 nitrogen and oxygen atoms in total. The zero-order valence-corrected chi connectivity index (χ0v) is 9.03. The Morgan fingerprint density at radius 3 is 2.81 bits per heavy atom. The highest BCUT2D eigenvalue weighted by Gasteiger charge is 2.30. The van der Waals surface area contributed by atoms with Gasteiger partial charge in [0.05, 0.1) is 11.1 Å². The number of rotatable bonds is 2. The first-order chi connectivity index (χ1) is 7.74. The minimum Gasteiger partial charge on any atom is -0.314 e. The van der Waals surface area contributed by atoms with Gasteiger partial charge in [0.1, 0.15) is 0 Å². The summed E-state index contributed by atoms with van der Waals surface area (Å²) in [5, 5.41) is 0.736. The van der Waals surface area contributed by atoms with Gasteiger partial charge >= 0.3 is 0 Å². The maximum Gasteiger partial charge on any atom is 0.205 e. The number of carbonyl (C=O) groups is 1. The topological polar surface area (TPSA) is 22.0 Å². The second-order valence-corrected chi connectivity index (χ2v) is 4.39. The molecule has 0 aliphatic heterocycles. The monoisotopic (exact) mass is 217 g/mol. The molecule has 1 aliphatic rings. The van der Waals surface area contributed by atoms with Crippen LogP contribution >= 0.6 is 0 Å². The standard InChI is InChI=1S/C13H12FNO/c1-8-3-2-4-10-11(7-16)13(14)15(12(8)10)9-5-6-9/h2-4,7,9H,5-6H2,1H3. The van der Waals surface area contributed by atoms with E-state index in [1.54, 1.807) is 4.57 Å². The first kappa shape index (κ1) is 9.58. The molecule has 0 saturated heterocycles. The number of hydrogen-bond donors (Lipinski definition) is 0. The zero-order chi connectivity index (χ0) is 11.3. The number of aromatic nitrogens is 1. The predicted octanol–water partition coefficient (Wildman–Crippen LogP) is 3.24. The molecule has 1 aromatic heterocycles. The van der Waals surface area contributed by atoms with Gasteiger partial charge in [-0.1, -0.05) is 18.2 Å². The van der Waals surface area contributed by atoms with Gasteiger partial charge < -0.3 is 4.57 Å². The summed E-state index contributed by atoms with van der Waals surface area (Å²) in [6.07, 6.45) is 2.64. The molecule has 0 N–H and O–H groups in total. The normalized spacial score (nSPS) is 15.6. The van der Waals surface area contributed by atoms with Crippen LogP contribution in [0.4, 0.5) is 4.39 Å². The number of nitrogens with zero attached hydrogens (tertiary/aromatic N) is 1. The molecule has 1 aliphatic carbocycles. The van der Waals surface area contributed by atoms with Crippen LogP contribution in [0.5, 0.6) is 0 Å². The first-order valence-corrected chi connectivity index (χ1v) is 5.48. The summed E-state index contributed by atoms with van der Waals surface area (Å²) in [5.41, 5.74) is 2.10. The summed E-state index contributed by atoms with van der Waals surface area (Å²) < 4.78 is 15.8. The lowest BCUT2D eigenvalue weighted by molar-refractivity contribution is 0.112. The fraction of sp³-hybridized carbons (Fsp3) is 0.308. The van der Waals surface area contributed by atoms with E-state index < -0.39 is 0 Å². The van der Waals surface area contributed by atoms with Gasteiger partial charge in [0.15, 0.2) is 6.29 Å². The van der Waals surface area contributed by atoms with E-state index in [9.17, 15) is 9.18 Å². The SMILES string of the molecule is Cc1cccc2c(C=O)c(F)n(C3CC3)c12. The minimum absolute atomic E-state index is 0.200. The molecule has 0 radical (unpaired) electrons. The van der Waals surface area contributed by atoms with Crippen molar-refractivity contribution in [1.82, 2.24) is 4.57 Å². The van der Waals surface area contributed by atoms with Crippen LogP contribution in [-0.2, 0) is 0 Å². The van der Waals surface area contributed by atoms with Crippen LogP contribution in [-0.4, -0.2) is 10.9 Å². The molecule has 0 bridgehead atoms. The smallest absolute Gasteiger partial charge is 0.205 e. The number of aldehydes is 1. The third-order valence-electron chi connectivity index (χ3n) is 3.23. The van der Waals surface area contributed by atoms with Crippen molar-refractivity contribution in [3.63, 3.8) is 0 Å². The number of halogens is 1. The maximum atomic E-state index is 14.1. The molecule has 3 heteroatoms. The number of para-hydroxylation sites is 1. The highest BCUT2D eigenvalue weighted by Crippen LogP contribution is 2.41. The average molecular weight is 217 g/mol. The van der Waals surface area contributed by atoms with Crippen LogP contribution < -0.4 is 0 Å². The van der Waals surface area contributed by atoms with Crippen molar-refractivity contribution >= 4 is 17.2 Å². The number of carbonyl (C=O) groups excluding carboxylic acids is 1. The summed E-state index contributed by atoms with van der Waals surface area (Å²) in [5.74, 6) is -0.373. The fourth-order valence-corrected chi connectivity index (χ4v) is 2.32. The fourth-order valence-electron chi connectivity index (χ4n) is 2.32. The number of aryl methyl sites for hydroxylation is 1. The summed E-state index contributed by atoms with van der Waals surface area (Å²) in [7, 11) is 0. The van der Waals surface area contributed by atoms with E-state index in [2.05, 4.69) is 0 Å². The van der Waals surface area contributed by atoms with Gasteiger partial charge in [-0.2, -0.15) is 4.39 Å². The van der Waals surface area contributed by atoms with Crippen LogP contribution in [0, 0.1) is 12.9 Å². The molecule has 1 fully saturated rings. The van der Waals surface area contributed by atoms with Crippen molar-refractivity contribution in [3.8, 4) is 0 Å². The summed E-state index contributed by atoms with van der Waals surface area (Å²) >= 11 is 0. The molecular weight excluding hydrogens is 205 g/mol. The first-order valence-electron chi connectivity index (χ1n) is 5.48. The molecule has 3 rings (SSSR count). The quantitative estimate of drug-likeness (QED) is 0.708. The Morgan fingerprint density at radius 1 is 1.44 bits per heavy atom. The highest BCUT2D eigenvalue weighted by molar-refractivity contribution is 5.99. The minimum atomic E-state index is -0.373.